The number of aliphatic hydroxyl groups is 1. The summed E-state index contributed by atoms with van der Waals surface area (Å²) in [5, 5.41) is 33.3. The van der Waals surface area contributed by atoms with Crippen LogP contribution in [0, 0.1) is 23.0 Å². The van der Waals surface area contributed by atoms with Crippen LogP contribution in [0.3, 0.4) is 0 Å². The molecule has 0 saturated carbocycles. The number of phenolic OH excluding ortho intramolecular Hbond substituents is 1. The summed E-state index contributed by atoms with van der Waals surface area (Å²) in [5.74, 6) is -3.90. The Morgan fingerprint density at radius 2 is 1.94 bits per heavy atom. The van der Waals surface area contributed by atoms with Gasteiger partial charge in [0.25, 0.3) is 0 Å². The van der Waals surface area contributed by atoms with Crippen molar-refractivity contribution in [1.82, 2.24) is 4.98 Å². The van der Waals surface area contributed by atoms with E-state index < -0.39 is 58.7 Å². The van der Waals surface area contributed by atoms with Crippen molar-refractivity contribution in [3.63, 3.8) is 0 Å². The summed E-state index contributed by atoms with van der Waals surface area (Å²) < 4.78 is 71.6. The highest BCUT2D eigenvalue weighted by Gasteiger charge is 2.62. The van der Waals surface area contributed by atoms with Crippen molar-refractivity contribution in [2.24, 2.45) is 0 Å². The van der Waals surface area contributed by atoms with Gasteiger partial charge >= 0.3 is 6.18 Å². The number of halogens is 5. The lowest BCUT2D eigenvalue weighted by Crippen LogP contribution is -2.55. The first-order chi connectivity index (χ1) is 15.9. The molecule has 4 rings (SSSR count). The second-order valence-corrected chi connectivity index (χ2v) is 8.21. The predicted octanol–water partition coefficient (Wildman–Crippen LogP) is 4.73. The number of pyridine rings is 1. The maximum Gasteiger partial charge on any atom is 0.419 e. The Morgan fingerprint density at radius 1 is 1.24 bits per heavy atom. The van der Waals surface area contributed by atoms with Crippen LogP contribution >= 0.6 is 0 Å². The first-order valence-electron chi connectivity index (χ1n) is 10.3. The topological polar surface area (TPSA) is 109 Å². The zero-order chi connectivity index (χ0) is 25.0. The molecule has 1 aromatic heterocycles. The number of anilines is 1. The number of fused-ring (bicyclic) bond motifs is 2. The lowest BCUT2D eigenvalue weighted by molar-refractivity contribution is -0.272. The number of rotatable bonds is 3. The van der Waals surface area contributed by atoms with Gasteiger partial charge in [0.15, 0.2) is 5.60 Å². The molecule has 3 aromatic rings. The Labute approximate surface area is 189 Å². The molecular weight excluding hydrogens is 461 g/mol. The third kappa shape index (κ3) is 3.45. The number of nitriles is 1. The maximum absolute atomic E-state index is 14.6. The predicted molar refractivity (Wildman–Crippen MR) is 112 cm³/mol. The van der Waals surface area contributed by atoms with Gasteiger partial charge in [-0.15, -0.1) is 0 Å². The number of phenols is 1. The van der Waals surface area contributed by atoms with E-state index in [0.717, 1.165) is 18.2 Å². The molecule has 1 heterocycles. The van der Waals surface area contributed by atoms with Crippen molar-refractivity contribution >= 4 is 16.6 Å². The van der Waals surface area contributed by atoms with Gasteiger partial charge in [0, 0.05) is 22.7 Å². The number of alkyl halides is 3. The summed E-state index contributed by atoms with van der Waals surface area (Å²) in [6, 6.07) is 4.46. The second kappa shape index (κ2) is 7.99. The van der Waals surface area contributed by atoms with Gasteiger partial charge in [-0.2, -0.15) is 18.4 Å². The molecule has 1 aliphatic carbocycles. The molecule has 0 amide bonds. The molecule has 0 fully saturated rings. The van der Waals surface area contributed by atoms with Crippen molar-refractivity contribution < 1.29 is 32.2 Å². The SMILES string of the molecule is CC[C@@H]1C[C@](O)(C(F)(F)F)[C@@H](Nc2ccc(F)c3[nH]c(=O)ccc23)c2cc(F)c(C#N)c(O)c21. The summed E-state index contributed by atoms with van der Waals surface area (Å²) in [7, 11) is 0. The van der Waals surface area contributed by atoms with Crippen LogP contribution in [0.2, 0.25) is 0 Å². The number of nitrogens with zero attached hydrogens (tertiary/aromatic N) is 1. The van der Waals surface area contributed by atoms with Gasteiger partial charge in [-0.3, -0.25) is 4.79 Å². The number of hydrogen-bond donors (Lipinski definition) is 4. The van der Waals surface area contributed by atoms with Crippen molar-refractivity contribution in [3.8, 4) is 11.8 Å². The van der Waals surface area contributed by atoms with Crippen LogP contribution in [0.5, 0.6) is 5.75 Å². The molecule has 0 saturated heterocycles. The first-order valence-corrected chi connectivity index (χ1v) is 10.3. The lowest BCUT2D eigenvalue weighted by Gasteiger charge is -2.46. The van der Waals surface area contributed by atoms with E-state index in [1.807, 2.05) is 0 Å². The molecule has 4 N–H and O–H groups in total. The molecule has 1 aliphatic rings. The Hall–Kier alpha value is -3.65. The number of nitrogens with one attached hydrogen (secondary N) is 2. The fourth-order valence-electron chi connectivity index (χ4n) is 4.62. The summed E-state index contributed by atoms with van der Waals surface area (Å²) in [5.41, 5.74) is -5.56. The molecule has 0 bridgehead atoms. The molecule has 2 aromatic carbocycles. The molecule has 6 nitrogen and oxygen atoms in total. The van der Waals surface area contributed by atoms with E-state index in [1.54, 1.807) is 0 Å². The van der Waals surface area contributed by atoms with Crippen LogP contribution in [0.15, 0.2) is 35.1 Å². The lowest BCUT2D eigenvalue weighted by atomic mass is 9.68. The molecule has 0 radical (unpaired) electrons. The van der Waals surface area contributed by atoms with E-state index in [9.17, 15) is 42.2 Å². The average molecular weight is 479 g/mol. The van der Waals surface area contributed by atoms with Gasteiger partial charge in [-0.1, -0.05) is 6.92 Å². The third-order valence-corrected chi connectivity index (χ3v) is 6.32. The van der Waals surface area contributed by atoms with Gasteiger partial charge in [-0.25, -0.2) is 8.78 Å². The van der Waals surface area contributed by atoms with Gasteiger partial charge in [0.2, 0.25) is 5.56 Å². The molecule has 34 heavy (non-hydrogen) atoms. The number of aromatic nitrogens is 1. The number of H-pyrrole nitrogens is 1. The second-order valence-electron chi connectivity index (χ2n) is 8.21. The van der Waals surface area contributed by atoms with Gasteiger partial charge in [-0.05, 0) is 48.6 Å². The minimum atomic E-state index is -5.18. The Kier molecular flexibility index (Phi) is 5.52. The van der Waals surface area contributed by atoms with E-state index in [0.29, 0.717) is 6.07 Å². The number of aromatic hydroxyl groups is 1. The van der Waals surface area contributed by atoms with Crippen LogP contribution in [0.4, 0.5) is 27.6 Å². The number of benzene rings is 2. The highest BCUT2D eigenvalue weighted by atomic mass is 19.4. The van der Waals surface area contributed by atoms with Gasteiger partial charge < -0.3 is 20.5 Å². The zero-order valence-electron chi connectivity index (χ0n) is 17.6. The minimum absolute atomic E-state index is 0.0154. The summed E-state index contributed by atoms with van der Waals surface area (Å²) in [6.45, 7) is 1.54. The Balaban J connectivity index is 2.00. The van der Waals surface area contributed by atoms with Crippen molar-refractivity contribution in [2.45, 2.75) is 43.5 Å². The molecular formula is C23H18F5N3O3. The van der Waals surface area contributed by atoms with Crippen LogP contribution in [0.1, 0.15) is 48.4 Å². The van der Waals surface area contributed by atoms with Crippen molar-refractivity contribution in [1.29, 1.82) is 5.26 Å². The largest absolute Gasteiger partial charge is 0.506 e. The molecule has 3 atom stereocenters. The number of aromatic amines is 1. The maximum atomic E-state index is 14.6. The first kappa shape index (κ1) is 23.5. The fraction of sp³-hybridized carbons (Fsp3) is 0.304. The van der Waals surface area contributed by atoms with Crippen LogP contribution in [0.25, 0.3) is 10.9 Å². The van der Waals surface area contributed by atoms with E-state index in [4.69, 9.17) is 0 Å². The monoisotopic (exact) mass is 479 g/mol. The standard InChI is InChI=1S/C23H18F5N3O3/c1-2-10-8-22(34,23(26,27)28)21(12-7-15(25)13(9-29)20(33)18(10)12)30-16-5-4-14(24)19-11(16)3-6-17(32)31-19/h3-7,10,21,30,33-34H,2,8H2,1H3,(H,31,32)/t10-,21+,22-/m1/s1. The molecule has 0 spiro atoms. The number of hydrogen-bond acceptors (Lipinski definition) is 5. The van der Waals surface area contributed by atoms with Gasteiger partial charge in [0.1, 0.15) is 29.0 Å². The molecule has 0 aliphatic heterocycles. The minimum Gasteiger partial charge on any atom is -0.506 e. The highest BCUT2D eigenvalue weighted by molar-refractivity contribution is 5.91. The van der Waals surface area contributed by atoms with E-state index in [1.165, 1.54) is 19.1 Å². The average Bonchev–Trinajstić information content (AvgIpc) is 2.76. The summed E-state index contributed by atoms with van der Waals surface area (Å²) in [4.78, 5) is 13.9. The Morgan fingerprint density at radius 3 is 2.56 bits per heavy atom. The van der Waals surface area contributed by atoms with Crippen LogP contribution in [-0.4, -0.2) is 27.0 Å². The van der Waals surface area contributed by atoms with E-state index in [-0.39, 0.29) is 34.1 Å². The van der Waals surface area contributed by atoms with Crippen molar-refractivity contribution in [2.75, 3.05) is 5.32 Å². The fourth-order valence-corrected chi connectivity index (χ4v) is 4.62. The highest BCUT2D eigenvalue weighted by Crippen LogP contribution is 2.55. The zero-order valence-corrected chi connectivity index (χ0v) is 17.6. The normalized spacial score (nSPS) is 22.3. The Bertz CT molecular complexity index is 1400. The molecule has 11 heteroatoms. The smallest absolute Gasteiger partial charge is 0.419 e. The van der Waals surface area contributed by atoms with Crippen LogP contribution in [-0.2, 0) is 0 Å². The molecule has 0 unspecified atom stereocenters. The van der Waals surface area contributed by atoms with E-state index in [2.05, 4.69) is 10.3 Å². The quantitative estimate of drug-likeness (QED) is 0.406. The third-order valence-electron chi connectivity index (χ3n) is 6.32. The summed E-state index contributed by atoms with van der Waals surface area (Å²) in [6.07, 6.45) is -6.00. The van der Waals surface area contributed by atoms with Crippen LogP contribution < -0.4 is 10.9 Å². The summed E-state index contributed by atoms with van der Waals surface area (Å²) >= 11 is 0. The molecule has 178 valence electrons. The van der Waals surface area contributed by atoms with Gasteiger partial charge in [0.05, 0.1) is 11.6 Å². The van der Waals surface area contributed by atoms with E-state index >= 15 is 0 Å². The van der Waals surface area contributed by atoms with Crippen molar-refractivity contribution in [3.05, 3.63) is 69.0 Å².